The zero-order valence-electron chi connectivity index (χ0n) is 8.92. The molecule has 1 saturated heterocycles. The van der Waals surface area contributed by atoms with Gasteiger partial charge in [0.25, 0.3) is 0 Å². The Morgan fingerprint density at radius 3 is 3.07 bits per heavy atom. The zero-order chi connectivity index (χ0) is 10.7. The second-order valence-corrected chi connectivity index (χ2v) is 4.75. The third kappa shape index (κ3) is 2.73. The maximum absolute atomic E-state index is 5.97. The molecule has 1 heterocycles. The van der Waals surface area contributed by atoms with Crippen molar-refractivity contribution in [3.63, 3.8) is 0 Å². The van der Waals surface area contributed by atoms with E-state index in [2.05, 4.69) is 40.3 Å². The minimum atomic E-state index is 0.344. The first-order valence-corrected chi connectivity index (χ1v) is 6.24. The van der Waals surface area contributed by atoms with Gasteiger partial charge < -0.3 is 10.1 Å². The van der Waals surface area contributed by atoms with Crippen molar-refractivity contribution in [1.29, 1.82) is 0 Å². The number of benzene rings is 1. The lowest BCUT2D eigenvalue weighted by Crippen LogP contribution is -2.20. The van der Waals surface area contributed by atoms with Crippen molar-refractivity contribution in [2.45, 2.75) is 25.9 Å². The van der Waals surface area contributed by atoms with E-state index in [1.807, 2.05) is 6.07 Å². The number of aryl methyl sites for hydroxylation is 1. The third-order valence-electron chi connectivity index (χ3n) is 2.71. The highest BCUT2D eigenvalue weighted by Gasteiger charge is 2.16. The van der Waals surface area contributed by atoms with Gasteiger partial charge in [-0.05, 0) is 43.1 Å². The SMILES string of the molecule is CCc1cc(Br)ccc1O[C@@H]1CCNC1. The molecule has 2 rings (SSSR count). The molecule has 0 unspecified atom stereocenters. The lowest BCUT2D eigenvalue weighted by Gasteiger charge is -2.15. The van der Waals surface area contributed by atoms with Gasteiger partial charge in [-0.2, -0.15) is 0 Å². The fourth-order valence-corrected chi connectivity index (χ4v) is 2.26. The topological polar surface area (TPSA) is 21.3 Å². The Kier molecular flexibility index (Phi) is 3.65. The van der Waals surface area contributed by atoms with E-state index >= 15 is 0 Å². The first kappa shape index (κ1) is 11.0. The molecule has 1 aromatic rings. The van der Waals surface area contributed by atoms with E-state index in [-0.39, 0.29) is 0 Å². The van der Waals surface area contributed by atoms with Crippen LogP contribution in [-0.4, -0.2) is 19.2 Å². The number of hydrogen-bond acceptors (Lipinski definition) is 2. The Balaban J connectivity index is 2.12. The van der Waals surface area contributed by atoms with Crippen molar-refractivity contribution in [2.75, 3.05) is 13.1 Å². The van der Waals surface area contributed by atoms with Crippen LogP contribution in [0.5, 0.6) is 5.75 Å². The Morgan fingerprint density at radius 2 is 2.40 bits per heavy atom. The molecular weight excluding hydrogens is 254 g/mol. The molecule has 0 aromatic heterocycles. The molecule has 2 nitrogen and oxygen atoms in total. The fourth-order valence-electron chi connectivity index (χ4n) is 1.85. The predicted molar refractivity (Wildman–Crippen MR) is 65.4 cm³/mol. The molecule has 3 heteroatoms. The molecule has 1 aliphatic rings. The van der Waals surface area contributed by atoms with Crippen LogP contribution in [0.4, 0.5) is 0 Å². The normalized spacial score (nSPS) is 20.5. The molecule has 0 bridgehead atoms. The Morgan fingerprint density at radius 1 is 1.53 bits per heavy atom. The van der Waals surface area contributed by atoms with Gasteiger partial charge in [0.05, 0.1) is 0 Å². The van der Waals surface area contributed by atoms with Crippen LogP contribution in [0.2, 0.25) is 0 Å². The summed E-state index contributed by atoms with van der Waals surface area (Å²) in [5.74, 6) is 1.04. The highest BCUT2D eigenvalue weighted by Crippen LogP contribution is 2.25. The number of halogens is 1. The van der Waals surface area contributed by atoms with Gasteiger partial charge >= 0.3 is 0 Å². The molecule has 1 fully saturated rings. The van der Waals surface area contributed by atoms with Gasteiger partial charge in [-0.1, -0.05) is 22.9 Å². The summed E-state index contributed by atoms with van der Waals surface area (Å²) in [6.07, 6.45) is 2.46. The number of rotatable bonds is 3. The molecular formula is C12H16BrNO. The molecule has 15 heavy (non-hydrogen) atoms. The van der Waals surface area contributed by atoms with E-state index in [1.54, 1.807) is 0 Å². The summed E-state index contributed by atoms with van der Waals surface area (Å²) in [5, 5.41) is 3.31. The lowest BCUT2D eigenvalue weighted by molar-refractivity contribution is 0.221. The van der Waals surface area contributed by atoms with Crippen molar-refractivity contribution < 1.29 is 4.74 Å². The summed E-state index contributed by atoms with van der Waals surface area (Å²) < 4.78 is 7.09. The van der Waals surface area contributed by atoms with E-state index in [0.29, 0.717) is 6.10 Å². The average Bonchev–Trinajstić information content (AvgIpc) is 2.73. The standard InChI is InChI=1S/C12H16BrNO/c1-2-9-7-10(13)3-4-12(9)15-11-5-6-14-8-11/h3-4,7,11,14H,2,5-6,8H2,1H3/t11-/m1/s1. The summed E-state index contributed by atoms with van der Waals surface area (Å²) in [7, 11) is 0. The van der Waals surface area contributed by atoms with Gasteiger partial charge in [0.15, 0.2) is 0 Å². The molecule has 0 aliphatic carbocycles. The summed E-state index contributed by atoms with van der Waals surface area (Å²) in [6, 6.07) is 6.23. The van der Waals surface area contributed by atoms with Crippen molar-refractivity contribution in [2.24, 2.45) is 0 Å². The van der Waals surface area contributed by atoms with Crippen molar-refractivity contribution >= 4 is 15.9 Å². The molecule has 0 saturated carbocycles. The van der Waals surface area contributed by atoms with E-state index < -0.39 is 0 Å². The van der Waals surface area contributed by atoms with Crippen molar-refractivity contribution in [3.8, 4) is 5.75 Å². The quantitative estimate of drug-likeness (QED) is 0.911. The predicted octanol–water partition coefficient (Wildman–Crippen LogP) is 2.75. The van der Waals surface area contributed by atoms with Gasteiger partial charge in [-0.15, -0.1) is 0 Å². The number of hydrogen-bond donors (Lipinski definition) is 1. The van der Waals surface area contributed by atoms with Crippen LogP contribution in [-0.2, 0) is 6.42 Å². The van der Waals surface area contributed by atoms with Crippen LogP contribution in [0.1, 0.15) is 18.9 Å². The fraction of sp³-hybridized carbons (Fsp3) is 0.500. The average molecular weight is 270 g/mol. The third-order valence-corrected chi connectivity index (χ3v) is 3.21. The maximum atomic E-state index is 5.97. The maximum Gasteiger partial charge on any atom is 0.123 e. The Bertz CT molecular complexity index is 334. The van der Waals surface area contributed by atoms with E-state index in [0.717, 1.165) is 36.2 Å². The van der Waals surface area contributed by atoms with Crippen LogP contribution >= 0.6 is 15.9 Å². The van der Waals surface area contributed by atoms with Crippen molar-refractivity contribution in [3.05, 3.63) is 28.2 Å². The van der Waals surface area contributed by atoms with Gasteiger partial charge in [0, 0.05) is 11.0 Å². The molecule has 0 spiro atoms. The van der Waals surface area contributed by atoms with Gasteiger partial charge in [0.2, 0.25) is 0 Å². The molecule has 0 amide bonds. The van der Waals surface area contributed by atoms with Gasteiger partial charge in [-0.25, -0.2) is 0 Å². The molecule has 1 aliphatic heterocycles. The summed E-state index contributed by atoms with van der Waals surface area (Å²) >= 11 is 3.48. The van der Waals surface area contributed by atoms with Crippen LogP contribution in [0.25, 0.3) is 0 Å². The minimum absolute atomic E-state index is 0.344. The molecule has 1 aromatic carbocycles. The molecule has 1 atom stereocenters. The van der Waals surface area contributed by atoms with Gasteiger partial charge in [-0.3, -0.25) is 0 Å². The molecule has 82 valence electrons. The monoisotopic (exact) mass is 269 g/mol. The Hall–Kier alpha value is -0.540. The van der Waals surface area contributed by atoms with Gasteiger partial charge in [0.1, 0.15) is 11.9 Å². The largest absolute Gasteiger partial charge is 0.489 e. The lowest BCUT2D eigenvalue weighted by atomic mass is 10.1. The minimum Gasteiger partial charge on any atom is -0.489 e. The number of nitrogens with one attached hydrogen (secondary N) is 1. The van der Waals surface area contributed by atoms with Crippen LogP contribution < -0.4 is 10.1 Å². The second-order valence-electron chi connectivity index (χ2n) is 3.84. The molecule has 1 N–H and O–H groups in total. The van der Waals surface area contributed by atoms with E-state index in [4.69, 9.17) is 4.74 Å². The summed E-state index contributed by atoms with van der Waals surface area (Å²) in [4.78, 5) is 0. The highest BCUT2D eigenvalue weighted by atomic mass is 79.9. The van der Waals surface area contributed by atoms with E-state index in [1.165, 1.54) is 5.56 Å². The first-order valence-electron chi connectivity index (χ1n) is 5.45. The van der Waals surface area contributed by atoms with Crippen LogP contribution in [0.15, 0.2) is 22.7 Å². The first-order chi connectivity index (χ1) is 7.29. The number of ether oxygens (including phenoxy) is 1. The molecule has 0 radical (unpaired) electrons. The Labute approximate surface area is 99.1 Å². The smallest absolute Gasteiger partial charge is 0.123 e. The zero-order valence-corrected chi connectivity index (χ0v) is 10.5. The summed E-state index contributed by atoms with van der Waals surface area (Å²) in [6.45, 7) is 4.20. The van der Waals surface area contributed by atoms with Crippen molar-refractivity contribution in [1.82, 2.24) is 5.32 Å². The van der Waals surface area contributed by atoms with Crippen LogP contribution in [0.3, 0.4) is 0 Å². The summed E-state index contributed by atoms with van der Waals surface area (Å²) in [5.41, 5.74) is 1.27. The highest BCUT2D eigenvalue weighted by molar-refractivity contribution is 9.10. The second kappa shape index (κ2) is 4.99. The van der Waals surface area contributed by atoms with E-state index in [9.17, 15) is 0 Å². The van der Waals surface area contributed by atoms with Crippen LogP contribution in [0, 0.1) is 0 Å².